The van der Waals surface area contributed by atoms with Crippen LogP contribution in [-0.2, 0) is 10.0 Å². The summed E-state index contributed by atoms with van der Waals surface area (Å²) >= 11 is 0. The average Bonchev–Trinajstić information content (AvgIpc) is 2.51. The Hall–Kier alpha value is -0.130. The molecule has 150 valence electrons. The second kappa shape index (κ2) is 14.0. The van der Waals surface area contributed by atoms with Crippen LogP contribution < -0.4 is 15.4 Å². The van der Waals surface area contributed by atoms with E-state index in [0.717, 1.165) is 44.4 Å². The molecule has 1 heterocycles. The highest BCUT2D eigenvalue weighted by atomic mass is 127. The zero-order chi connectivity index (χ0) is 17.8. The van der Waals surface area contributed by atoms with E-state index in [9.17, 15) is 8.42 Å². The molecule has 1 saturated heterocycles. The molecule has 0 amide bonds. The topological polar surface area (TPSA) is 85.8 Å². The van der Waals surface area contributed by atoms with Crippen molar-refractivity contribution in [2.75, 3.05) is 52.1 Å². The van der Waals surface area contributed by atoms with Gasteiger partial charge in [0, 0.05) is 26.2 Å². The molecular weight excluding hydrogens is 453 g/mol. The van der Waals surface area contributed by atoms with E-state index < -0.39 is 10.0 Å². The summed E-state index contributed by atoms with van der Waals surface area (Å²) in [6.45, 7) is 10.7. The van der Waals surface area contributed by atoms with Gasteiger partial charge >= 0.3 is 0 Å². The Kier molecular flexibility index (Phi) is 13.9. The Bertz CT molecular complexity index is 465. The van der Waals surface area contributed by atoms with Crippen LogP contribution in [0.5, 0.6) is 0 Å². The molecule has 25 heavy (non-hydrogen) atoms. The minimum Gasteiger partial charge on any atom is -0.357 e. The molecule has 0 aromatic rings. The number of sulfonamides is 1. The molecular formula is C16H36IN5O2S. The molecule has 9 heteroatoms. The van der Waals surface area contributed by atoms with Crippen molar-refractivity contribution in [3.05, 3.63) is 0 Å². The van der Waals surface area contributed by atoms with Crippen molar-refractivity contribution < 1.29 is 8.42 Å². The zero-order valence-electron chi connectivity index (χ0n) is 15.9. The molecule has 0 saturated carbocycles. The standard InChI is InChI=1S/C16H35N5O2S.HI/c1-4-17-16(18-9-5-11-20-24(3,22)23)19-10-6-12-21-13-7-15(2)8-14-21;/h15,20H,4-14H2,1-3H3,(H2,17,18,19);1H. The number of hydrogen-bond donors (Lipinski definition) is 3. The molecule has 0 spiro atoms. The molecule has 0 aromatic heterocycles. The summed E-state index contributed by atoms with van der Waals surface area (Å²) in [6.07, 6.45) is 5.60. The van der Waals surface area contributed by atoms with Gasteiger partial charge in [0.25, 0.3) is 0 Å². The summed E-state index contributed by atoms with van der Waals surface area (Å²) in [4.78, 5) is 7.12. The normalized spacial score (nSPS) is 17.2. The average molecular weight is 489 g/mol. The van der Waals surface area contributed by atoms with Crippen LogP contribution in [0.3, 0.4) is 0 Å². The number of nitrogens with zero attached hydrogens (tertiary/aromatic N) is 2. The van der Waals surface area contributed by atoms with Gasteiger partial charge in [-0.2, -0.15) is 0 Å². The largest absolute Gasteiger partial charge is 0.357 e. The maximum atomic E-state index is 11.0. The molecule has 1 aliphatic heterocycles. The Morgan fingerprint density at radius 1 is 1.16 bits per heavy atom. The lowest BCUT2D eigenvalue weighted by Crippen LogP contribution is -2.39. The van der Waals surface area contributed by atoms with Crippen molar-refractivity contribution in [3.63, 3.8) is 0 Å². The van der Waals surface area contributed by atoms with Crippen LogP contribution in [0.15, 0.2) is 4.99 Å². The maximum absolute atomic E-state index is 11.0. The number of aliphatic imine (C=N–C) groups is 1. The monoisotopic (exact) mass is 489 g/mol. The molecule has 0 aliphatic carbocycles. The van der Waals surface area contributed by atoms with Gasteiger partial charge in [0.15, 0.2) is 5.96 Å². The summed E-state index contributed by atoms with van der Waals surface area (Å²) in [5, 5.41) is 6.46. The van der Waals surface area contributed by atoms with E-state index in [1.165, 1.54) is 32.2 Å². The Morgan fingerprint density at radius 3 is 2.44 bits per heavy atom. The van der Waals surface area contributed by atoms with Crippen molar-refractivity contribution in [1.82, 2.24) is 20.3 Å². The van der Waals surface area contributed by atoms with E-state index >= 15 is 0 Å². The van der Waals surface area contributed by atoms with Gasteiger partial charge in [0.2, 0.25) is 10.0 Å². The fourth-order valence-corrected chi connectivity index (χ4v) is 3.18. The third-order valence-electron chi connectivity index (χ3n) is 4.13. The van der Waals surface area contributed by atoms with E-state index in [1.54, 1.807) is 0 Å². The molecule has 3 N–H and O–H groups in total. The van der Waals surface area contributed by atoms with Crippen LogP contribution in [-0.4, -0.2) is 71.3 Å². The molecule has 7 nitrogen and oxygen atoms in total. The van der Waals surface area contributed by atoms with Gasteiger partial charge < -0.3 is 15.5 Å². The number of rotatable bonds is 10. The summed E-state index contributed by atoms with van der Waals surface area (Å²) in [5.74, 6) is 1.69. The molecule has 0 atom stereocenters. The van der Waals surface area contributed by atoms with Gasteiger partial charge in [-0.1, -0.05) is 6.92 Å². The quantitative estimate of drug-likeness (QED) is 0.186. The maximum Gasteiger partial charge on any atom is 0.208 e. The fraction of sp³-hybridized carbons (Fsp3) is 0.938. The minimum atomic E-state index is -3.10. The first-order valence-corrected chi connectivity index (χ1v) is 11.0. The lowest BCUT2D eigenvalue weighted by molar-refractivity contribution is 0.192. The van der Waals surface area contributed by atoms with Crippen LogP contribution in [0.2, 0.25) is 0 Å². The third-order valence-corrected chi connectivity index (χ3v) is 4.86. The minimum absolute atomic E-state index is 0. The van der Waals surface area contributed by atoms with Crippen LogP contribution in [0, 0.1) is 5.92 Å². The van der Waals surface area contributed by atoms with Crippen molar-refractivity contribution in [2.24, 2.45) is 10.9 Å². The number of halogens is 1. The van der Waals surface area contributed by atoms with E-state index in [-0.39, 0.29) is 24.0 Å². The fourth-order valence-electron chi connectivity index (χ4n) is 2.67. The van der Waals surface area contributed by atoms with Gasteiger partial charge in [-0.05, 0) is 58.2 Å². The van der Waals surface area contributed by atoms with Crippen molar-refractivity contribution >= 4 is 40.0 Å². The highest BCUT2D eigenvalue weighted by Gasteiger charge is 2.14. The number of piperidine rings is 1. The second-order valence-electron chi connectivity index (χ2n) is 6.59. The van der Waals surface area contributed by atoms with Crippen molar-refractivity contribution in [3.8, 4) is 0 Å². The second-order valence-corrected chi connectivity index (χ2v) is 8.42. The Labute approximate surface area is 170 Å². The first-order valence-electron chi connectivity index (χ1n) is 9.10. The summed E-state index contributed by atoms with van der Waals surface area (Å²) < 4.78 is 24.4. The number of guanidine groups is 1. The smallest absolute Gasteiger partial charge is 0.208 e. The SMILES string of the molecule is CCNC(=NCCCN1CCC(C)CC1)NCCCNS(C)(=O)=O.I. The van der Waals surface area contributed by atoms with E-state index in [4.69, 9.17) is 0 Å². The number of hydrogen-bond acceptors (Lipinski definition) is 4. The first kappa shape index (κ1) is 24.9. The van der Waals surface area contributed by atoms with Crippen molar-refractivity contribution in [2.45, 2.75) is 39.5 Å². The summed E-state index contributed by atoms with van der Waals surface area (Å²) in [6, 6.07) is 0. The molecule has 1 rings (SSSR count). The lowest BCUT2D eigenvalue weighted by atomic mass is 9.99. The van der Waals surface area contributed by atoms with Crippen LogP contribution >= 0.6 is 24.0 Å². The molecule has 1 aliphatic rings. The first-order chi connectivity index (χ1) is 11.4. The van der Waals surface area contributed by atoms with Gasteiger partial charge in [0.05, 0.1) is 6.26 Å². The number of nitrogens with one attached hydrogen (secondary N) is 3. The molecule has 1 fully saturated rings. The summed E-state index contributed by atoms with van der Waals surface area (Å²) in [7, 11) is -3.10. The molecule has 0 bridgehead atoms. The van der Waals surface area contributed by atoms with Gasteiger partial charge in [-0.25, -0.2) is 13.1 Å². The van der Waals surface area contributed by atoms with Crippen molar-refractivity contribution in [1.29, 1.82) is 0 Å². The van der Waals surface area contributed by atoms with Crippen LogP contribution in [0.4, 0.5) is 0 Å². The van der Waals surface area contributed by atoms with E-state index in [0.29, 0.717) is 13.1 Å². The van der Waals surface area contributed by atoms with E-state index in [2.05, 4.69) is 32.2 Å². The van der Waals surface area contributed by atoms with Crippen LogP contribution in [0.1, 0.15) is 39.5 Å². The van der Waals surface area contributed by atoms with Gasteiger partial charge in [0.1, 0.15) is 0 Å². The lowest BCUT2D eigenvalue weighted by Gasteiger charge is -2.29. The Morgan fingerprint density at radius 2 is 1.84 bits per heavy atom. The Balaban J connectivity index is 0.00000576. The van der Waals surface area contributed by atoms with E-state index in [1.807, 2.05) is 6.92 Å². The van der Waals surface area contributed by atoms with Crippen LogP contribution in [0.25, 0.3) is 0 Å². The number of likely N-dealkylation sites (tertiary alicyclic amines) is 1. The molecule has 0 radical (unpaired) electrons. The molecule has 0 aromatic carbocycles. The van der Waals surface area contributed by atoms with Gasteiger partial charge in [-0.15, -0.1) is 24.0 Å². The predicted molar refractivity (Wildman–Crippen MR) is 116 cm³/mol. The zero-order valence-corrected chi connectivity index (χ0v) is 19.0. The highest BCUT2D eigenvalue weighted by molar-refractivity contribution is 14.0. The predicted octanol–water partition coefficient (Wildman–Crippen LogP) is 1.22. The molecule has 0 unspecified atom stereocenters. The third kappa shape index (κ3) is 13.7. The highest BCUT2D eigenvalue weighted by Crippen LogP contribution is 2.15. The summed E-state index contributed by atoms with van der Waals surface area (Å²) in [5.41, 5.74) is 0. The van der Waals surface area contributed by atoms with Gasteiger partial charge in [-0.3, -0.25) is 4.99 Å².